The Morgan fingerprint density at radius 3 is 2.38 bits per heavy atom. The minimum atomic E-state index is -0.135. The zero-order chi connectivity index (χ0) is 17.3. The lowest BCUT2D eigenvalue weighted by molar-refractivity contribution is 0.102. The number of hydrogen-bond acceptors (Lipinski definition) is 4. The first kappa shape index (κ1) is 16.3. The quantitative estimate of drug-likeness (QED) is 0.754. The molecule has 0 radical (unpaired) electrons. The summed E-state index contributed by atoms with van der Waals surface area (Å²) >= 11 is 1.41. The number of aryl methyl sites for hydroxylation is 4. The van der Waals surface area contributed by atoms with Gasteiger partial charge in [0.15, 0.2) is 0 Å². The average Bonchev–Trinajstić information content (AvgIpc) is 2.93. The predicted octanol–water partition coefficient (Wildman–Crippen LogP) is 4.69. The van der Waals surface area contributed by atoms with Crippen molar-refractivity contribution in [1.29, 1.82) is 0 Å². The Balaban J connectivity index is 1.90. The Morgan fingerprint density at radius 2 is 1.71 bits per heavy atom. The maximum absolute atomic E-state index is 12.7. The average molecular weight is 337 g/mol. The molecule has 122 valence electrons. The fourth-order valence-electron chi connectivity index (χ4n) is 2.69. The van der Waals surface area contributed by atoms with Crippen LogP contribution in [0.4, 0.5) is 5.69 Å². The fraction of sp³-hybridized carbons (Fsp3) is 0.211. The first-order valence-electron chi connectivity index (χ1n) is 7.74. The molecule has 3 aromatic rings. The molecule has 5 heteroatoms. The fourth-order valence-corrected chi connectivity index (χ4v) is 3.66. The Hall–Kier alpha value is -2.53. The number of anilines is 1. The van der Waals surface area contributed by atoms with Gasteiger partial charge in [0, 0.05) is 11.3 Å². The van der Waals surface area contributed by atoms with Crippen molar-refractivity contribution in [2.75, 3.05) is 5.32 Å². The first-order chi connectivity index (χ1) is 11.5. The molecule has 0 bridgehead atoms. The number of hydrogen-bond donors (Lipinski definition) is 1. The van der Waals surface area contributed by atoms with Gasteiger partial charge in [-0.15, -0.1) is 11.3 Å². The summed E-state index contributed by atoms with van der Waals surface area (Å²) in [7, 11) is 0. The highest BCUT2D eigenvalue weighted by atomic mass is 32.1. The second kappa shape index (κ2) is 6.53. The molecular weight excluding hydrogens is 318 g/mol. The number of benzene rings is 1. The van der Waals surface area contributed by atoms with Crippen LogP contribution in [0, 0.1) is 27.7 Å². The van der Waals surface area contributed by atoms with E-state index in [1.165, 1.54) is 11.3 Å². The highest BCUT2D eigenvalue weighted by Gasteiger charge is 2.18. The zero-order valence-corrected chi connectivity index (χ0v) is 15.0. The van der Waals surface area contributed by atoms with E-state index >= 15 is 0 Å². The van der Waals surface area contributed by atoms with Crippen molar-refractivity contribution in [3.05, 3.63) is 63.9 Å². The summed E-state index contributed by atoms with van der Waals surface area (Å²) in [5, 5.41) is 3.85. The Morgan fingerprint density at radius 1 is 1.00 bits per heavy atom. The molecule has 24 heavy (non-hydrogen) atoms. The minimum Gasteiger partial charge on any atom is -0.319 e. The zero-order valence-electron chi connectivity index (χ0n) is 14.2. The lowest BCUT2D eigenvalue weighted by Gasteiger charge is -2.11. The van der Waals surface area contributed by atoms with Gasteiger partial charge in [0.1, 0.15) is 9.88 Å². The van der Waals surface area contributed by atoms with E-state index in [2.05, 4.69) is 15.3 Å². The molecule has 2 heterocycles. The number of thiazole rings is 1. The van der Waals surface area contributed by atoms with Crippen molar-refractivity contribution in [2.24, 2.45) is 0 Å². The van der Waals surface area contributed by atoms with Crippen molar-refractivity contribution in [3.63, 3.8) is 0 Å². The van der Waals surface area contributed by atoms with E-state index in [1.807, 2.05) is 64.1 Å². The third-order valence-corrected chi connectivity index (χ3v) is 4.99. The van der Waals surface area contributed by atoms with Gasteiger partial charge in [-0.1, -0.05) is 30.3 Å². The van der Waals surface area contributed by atoms with Gasteiger partial charge < -0.3 is 5.32 Å². The van der Waals surface area contributed by atoms with Crippen molar-refractivity contribution in [1.82, 2.24) is 9.97 Å². The molecule has 0 saturated heterocycles. The minimum absolute atomic E-state index is 0.135. The van der Waals surface area contributed by atoms with Crippen molar-refractivity contribution < 1.29 is 4.79 Å². The molecule has 0 aliphatic rings. The molecule has 1 N–H and O–H groups in total. The molecule has 2 aromatic heterocycles. The van der Waals surface area contributed by atoms with Crippen molar-refractivity contribution in [2.45, 2.75) is 27.7 Å². The summed E-state index contributed by atoms with van der Waals surface area (Å²) in [5.41, 5.74) is 5.33. The summed E-state index contributed by atoms with van der Waals surface area (Å²) in [6.07, 6.45) is 0. The molecule has 3 rings (SSSR count). The molecular formula is C19H19N3OS. The molecule has 0 unspecified atom stereocenters. The monoisotopic (exact) mass is 337 g/mol. The molecule has 1 aromatic carbocycles. The van der Waals surface area contributed by atoms with Gasteiger partial charge in [-0.3, -0.25) is 9.78 Å². The molecule has 4 nitrogen and oxygen atoms in total. The summed E-state index contributed by atoms with van der Waals surface area (Å²) in [6, 6.07) is 11.9. The van der Waals surface area contributed by atoms with Gasteiger partial charge in [-0.2, -0.15) is 0 Å². The van der Waals surface area contributed by atoms with Crippen LogP contribution in [0.1, 0.15) is 32.3 Å². The summed E-state index contributed by atoms with van der Waals surface area (Å²) in [6.45, 7) is 7.70. The van der Waals surface area contributed by atoms with Gasteiger partial charge in [0.25, 0.3) is 5.91 Å². The lowest BCUT2D eigenvalue weighted by Crippen LogP contribution is -2.14. The molecule has 0 aliphatic heterocycles. The third-order valence-electron chi connectivity index (χ3n) is 3.79. The molecule has 0 atom stereocenters. The van der Waals surface area contributed by atoms with Crippen molar-refractivity contribution >= 4 is 22.9 Å². The van der Waals surface area contributed by atoms with E-state index < -0.39 is 0 Å². The number of carbonyl (C=O) groups is 1. The maximum atomic E-state index is 12.7. The van der Waals surface area contributed by atoms with Crippen LogP contribution in [-0.2, 0) is 0 Å². The number of aromatic nitrogens is 2. The first-order valence-corrected chi connectivity index (χ1v) is 8.56. The van der Waals surface area contributed by atoms with Crippen LogP contribution in [0.2, 0.25) is 0 Å². The van der Waals surface area contributed by atoms with Crippen LogP contribution in [0.15, 0.2) is 36.4 Å². The summed E-state index contributed by atoms with van der Waals surface area (Å²) in [4.78, 5) is 22.3. The van der Waals surface area contributed by atoms with Crippen LogP contribution < -0.4 is 5.32 Å². The van der Waals surface area contributed by atoms with Crippen LogP contribution in [0.25, 0.3) is 10.6 Å². The number of nitrogens with zero attached hydrogens (tertiary/aromatic N) is 2. The topological polar surface area (TPSA) is 54.9 Å². The number of nitrogens with one attached hydrogen (secondary N) is 1. The normalized spacial score (nSPS) is 10.7. The van der Waals surface area contributed by atoms with E-state index in [9.17, 15) is 4.79 Å². The lowest BCUT2D eigenvalue weighted by atomic mass is 10.1. The van der Waals surface area contributed by atoms with Crippen LogP contribution >= 0.6 is 11.3 Å². The van der Waals surface area contributed by atoms with E-state index in [4.69, 9.17) is 0 Å². The summed E-state index contributed by atoms with van der Waals surface area (Å²) < 4.78 is 0. The Kier molecular flexibility index (Phi) is 4.44. The van der Waals surface area contributed by atoms with Crippen LogP contribution in [0.5, 0.6) is 0 Å². The highest BCUT2D eigenvalue weighted by Crippen LogP contribution is 2.29. The second-order valence-corrected chi connectivity index (χ2v) is 6.79. The number of pyridine rings is 1. The smallest absolute Gasteiger partial charge is 0.267 e. The largest absolute Gasteiger partial charge is 0.319 e. The van der Waals surface area contributed by atoms with E-state index in [-0.39, 0.29) is 5.91 Å². The van der Waals surface area contributed by atoms with Gasteiger partial charge in [0.05, 0.1) is 17.1 Å². The number of carbonyl (C=O) groups excluding carboxylic acids is 1. The third kappa shape index (κ3) is 3.21. The summed E-state index contributed by atoms with van der Waals surface area (Å²) in [5.74, 6) is -0.135. The molecule has 0 aliphatic carbocycles. The molecule has 0 saturated carbocycles. The maximum Gasteiger partial charge on any atom is 0.267 e. The van der Waals surface area contributed by atoms with Gasteiger partial charge in [0.2, 0.25) is 0 Å². The molecule has 0 fully saturated rings. The van der Waals surface area contributed by atoms with Crippen LogP contribution in [-0.4, -0.2) is 15.9 Å². The van der Waals surface area contributed by atoms with E-state index in [0.717, 1.165) is 38.9 Å². The standard InChI is InChI=1S/C19H19N3OS/c1-11-10-12(2)20-13(3)16(11)22-18(23)17-14(4)21-19(24-17)15-8-6-5-7-9-15/h5-10H,1-4H3,(H,22,23). The second-order valence-electron chi connectivity index (χ2n) is 5.79. The Bertz CT molecular complexity index is 877. The van der Waals surface area contributed by atoms with Crippen LogP contribution in [0.3, 0.4) is 0 Å². The number of rotatable bonds is 3. The predicted molar refractivity (Wildman–Crippen MR) is 98.7 cm³/mol. The molecule has 1 amide bonds. The number of amides is 1. The SMILES string of the molecule is Cc1cc(C)c(NC(=O)c2sc(-c3ccccc3)nc2C)c(C)n1. The van der Waals surface area contributed by atoms with Gasteiger partial charge >= 0.3 is 0 Å². The van der Waals surface area contributed by atoms with E-state index in [0.29, 0.717) is 4.88 Å². The van der Waals surface area contributed by atoms with Gasteiger partial charge in [-0.25, -0.2) is 4.98 Å². The Labute approximate surface area is 145 Å². The van der Waals surface area contributed by atoms with Gasteiger partial charge in [-0.05, 0) is 39.3 Å². The molecule has 0 spiro atoms. The van der Waals surface area contributed by atoms with Crippen molar-refractivity contribution in [3.8, 4) is 10.6 Å². The van der Waals surface area contributed by atoms with E-state index in [1.54, 1.807) is 0 Å². The highest BCUT2D eigenvalue weighted by molar-refractivity contribution is 7.17.